The molecule has 0 saturated carbocycles. The maximum Gasteiger partial charge on any atom is 0.119 e. The van der Waals surface area contributed by atoms with Crippen LogP contribution in [0.15, 0.2) is 188 Å². The van der Waals surface area contributed by atoms with Gasteiger partial charge in [0.15, 0.2) is 0 Å². The van der Waals surface area contributed by atoms with E-state index >= 15 is 0 Å². The molecule has 0 aromatic heterocycles. The highest BCUT2D eigenvalue weighted by molar-refractivity contribution is 6.25. The second kappa shape index (κ2) is 12.5. The molecule has 0 spiro atoms. The second-order valence-electron chi connectivity index (χ2n) is 12.8. The minimum atomic E-state index is 0.839. The molecule has 0 saturated heterocycles. The lowest BCUT2D eigenvalue weighted by Crippen LogP contribution is -1.95. The van der Waals surface area contributed by atoms with Crippen molar-refractivity contribution >= 4 is 32.3 Å². The molecule has 0 aliphatic carbocycles. The molecule has 9 rings (SSSR count). The van der Waals surface area contributed by atoms with Gasteiger partial charge in [0.05, 0.1) is 7.11 Å². The zero-order chi connectivity index (χ0) is 33.4. The van der Waals surface area contributed by atoms with E-state index in [4.69, 9.17) is 4.74 Å². The molecule has 9 aromatic rings. The van der Waals surface area contributed by atoms with Gasteiger partial charge in [-0.05, 0) is 106 Å². The molecule has 50 heavy (non-hydrogen) atoms. The first-order valence-electron chi connectivity index (χ1n) is 17.1. The molecule has 0 fully saturated rings. The topological polar surface area (TPSA) is 9.23 Å². The van der Waals surface area contributed by atoms with Crippen molar-refractivity contribution in [1.29, 1.82) is 0 Å². The van der Waals surface area contributed by atoms with E-state index in [1.807, 2.05) is 0 Å². The Kier molecular flexibility index (Phi) is 7.44. The van der Waals surface area contributed by atoms with Crippen molar-refractivity contribution in [3.8, 4) is 61.4 Å². The number of hydrogen-bond acceptors (Lipinski definition) is 1. The highest BCUT2D eigenvalue weighted by Crippen LogP contribution is 2.49. The Morgan fingerprint density at radius 2 is 0.740 bits per heavy atom. The average Bonchev–Trinajstić information content (AvgIpc) is 3.20. The minimum Gasteiger partial charge on any atom is -0.497 e. The fourth-order valence-electron chi connectivity index (χ4n) is 7.68. The summed E-state index contributed by atoms with van der Waals surface area (Å²) < 4.78 is 5.90. The molecule has 0 heterocycles. The highest BCUT2D eigenvalue weighted by Gasteiger charge is 2.21. The Balaban J connectivity index is 1.39. The molecule has 0 aliphatic heterocycles. The van der Waals surface area contributed by atoms with Gasteiger partial charge in [0.1, 0.15) is 5.75 Å². The summed E-state index contributed by atoms with van der Waals surface area (Å²) in [6, 6.07) is 68.0. The normalized spacial score (nSPS) is 11.3. The summed E-state index contributed by atoms with van der Waals surface area (Å²) in [6.45, 7) is 0. The molecule has 0 N–H and O–H groups in total. The van der Waals surface area contributed by atoms with Gasteiger partial charge in [-0.2, -0.15) is 0 Å². The van der Waals surface area contributed by atoms with Crippen molar-refractivity contribution in [3.63, 3.8) is 0 Å². The number of ether oxygens (including phenoxy) is 1. The minimum absolute atomic E-state index is 0.839. The summed E-state index contributed by atoms with van der Waals surface area (Å²) in [6.07, 6.45) is 0. The predicted octanol–water partition coefficient (Wildman–Crippen LogP) is 13.5. The third-order valence-electron chi connectivity index (χ3n) is 9.99. The zero-order valence-electron chi connectivity index (χ0n) is 27.8. The van der Waals surface area contributed by atoms with E-state index in [1.54, 1.807) is 7.11 Å². The van der Waals surface area contributed by atoms with E-state index in [0.717, 1.165) is 5.75 Å². The van der Waals surface area contributed by atoms with Crippen molar-refractivity contribution in [3.05, 3.63) is 188 Å². The monoisotopic (exact) mass is 638 g/mol. The van der Waals surface area contributed by atoms with Crippen LogP contribution in [0.5, 0.6) is 5.75 Å². The standard InChI is InChI=1S/C49H34O/c1-50-37-26-28-45-47(32-37)49(44-27-25-36(33-15-5-2-6-16-33)31-46(44)35-19-9-4-10-20-35)42-24-14-13-23-41(42)48(45)43-30-29-38(34-17-7-3-8-18-34)39-21-11-12-22-40(39)43/h2-32H,1H3. The summed E-state index contributed by atoms with van der Waals surface area (Å²) in [5.41, 5.74) is 12.1. The third kappa shape index (κ3) is 5.03. The Morgan fingerprint density at radius 1 is 0.280 bits per heavy atom. The lowest BCUT2D eigenvalue weighted by Gasteiger charge is -2.22. The quantitative estimate of drug-likeness (QED) is 0.165. The maximum absolute atomic E-state index is 5.90. The van der Waals surface area contributed by atoms with Gasteiger partial charge in [0.2, 0.25) is 0 Å². The summed E-state index contributed by atoms with van der Waals surface area (Å²) in [5, 5.41) is 7.28. The van der Waals surface area contributed by atoms with Crippen LogP contribution in [0, 0.1) is 0 Å². The van der Waals surface area contributed by atoms with Crippen LogP contribution in [0.1, 0.15) is 0 Å². The molecular formula is C49H34O. The van der Waals surface area contributed by atoms with E-state index in [9.17, 15) is 0 Å². The molecule has 0 bridgehead atoms. The molecule has 0 amide bonds. The van der Waals surface area contributed by atoms with Crippen molar-refractivity contribution in [1.82, 2.24) is 0 Å². The van der Waals surface area contributed by atoms with Gasteiger partial charge in [-0.1, -0.05) is 170 Å². The van der Waals surface area contributed by atoms with Gasteiger partial charge < -0.3 is 4.74 Å². The van der Waals surface area contributed by atoms with Gasteiger partial charge in [-0.15, -0.1) is 0 Å². The summed E-state index contributed by atoms with van der Waals surface area (Å²) in [4.78, 5) is 0. The summed E-state index contributed by atoms with van der Waals surface area (Å²) in [5.74, 6) is 0.839. The van der Waals surface area contributed by atoms with Crippen molar-refractivity contribution in [2.75, 3.05) is 7.11 Å². The second-order valence-corrected chi connectivity index (χ2v) is 12.8. The molecule has 0 unspecified atom stereocenters. The van der Waals surface area contributed by atoms with Crippen LogP contribution in [0.2, 0.25) is 0 Å². The van der Waals surface area contributed by atoms with E-state index in [1.165, 1.54) is 88.0 Å². The molecule has 0 atom stereocenters. The fourth-order valence-corrected chi connectivity index (χ4v) is 7.68. The number of fused-ring (bicyclic) bond motifs is 3. The van der Waals surface area contributed by atoms with Gasteiger partial charge in [0.25, 0.3) is 0 Å². The fraction of sp³-hybridized carbons (Fsp3) is 0.0204. The van der Waals surface area contributed by atoms with E-state index in [-0.39, 0.29) is 0 Å². The maximum atomic E-state index is 5.90. The van der Waals surface area contributed by atoms with Gasteiger partial charge in [-0.25, -0.2) is 0 Å². The van der Waals surface area contributed by atoms with Crippen LogP contribution in [0.25, 0.3) is 88.0 Å². The van der Waals surface area contributed by atoms with Crippen LogP contribution in [0.3, 0.4) is 0 Å². The number of benzene rings is 9. The van der Waals surface area contributed by atoms with Crippen LogP contribution in [-0.4, -0.2) is 7.11 Å². The third-order valence-corrected chi connectivity index (χ3v) is 9.99. The molecule has 0 aliphatic rings. The summed E-state index contributed by atoms with van der Waals surface area (Å²) >= 11 is 0. The Morgan fingerprint density at radius 3 is 1.36 bits per heavy atom. The van der Waals surface area contributed by atoms with Crippen LogP contribution < -0.4 is 4.74 Å². The molecule has 1 heteroatoms. The van der Waals surface area contributed by atoms with Gasteiger partial charge in [-0.3, -0.25) is 0 Å². The smallest absolute Gasteiger partial charge is 0.119 e. The Hall–Kier alpha value is -6.44. The number of rotatable bonds is 6. The lowest BCUT2D eigenvalue weighted by molar-refractivity contribution is 0.415. The van der Waals surface area contributed by atoms with E-state index < -0.39 is 0 Å². The Bertz CT molecular complexity index is 2660. The lowest BCUT2D eigenvalue weighted by atomic mass is 9.82. The molecule has 236 valence electrons. The zero-order valence-corrected chi connectivity index (χ0v) is 27.8. The van der Waals surface area contributed by atoms with Gasteiger partial charge >= 0.3 is 0 Å². The van der Waals surface area contributed by atoms with Crippen LogP contribution >= 0.6 is 0 Å². The molecule has 9 aromatic carbocycles. The molecular weight excluding hydrogens is 605 g/mol. The SMILES string of the molecule is COc1ccc2c(-c3ccc(-c4ccccc4)c4ccccc34)c3ccccc3c(-c3ccc(-c4ccccc4)cc3-c3ccccc3)c2c1. The van der Waals surface area contributed by atoms with Crippen LogP contribution in [0.4, 0.5) is 0 Å². The van der Waals surface area contributed by atoms with Crippen molar-refractivity contribution in [2.24, 2.45) is 0 Å². The summed E-state index contributed by atoms with van der Waals surface area (Å²) in [7, 11) is 1.75. The molecule has 0 radical (unpaired) electrons. The first-order chi connectivity index (χ1) is 24.8. The van der Waals surface area contributed by atoms with Gasteiger partial charge in [0, 0.05) is 0 Å². The van der Waals surface area contributed by atoms with Crippen LogP contribution in [-0.2, 0) is 0 Å². The Labute approximate surface area is 292 Å². The predicted molar refractivity (Wildman–Crippen MR) is 213 cm³/mol. The van der Waals surface area contributed by atoms with E-state index in [0.29, 0.717) is 0 Å². The van der Waals surface area contributed by atoms with E-state index in [2.05, 4.69) is 188 Å². The van der Waals surface area contributed by atoms with Crippen molar-refractivity contribution < 1.29 is 4.74 Å². The highest BCUT2D eigenvalue weighted by atomic mass is 16.5. The van der Waals surface area contributed by atoms with Crippen molar-refractivity contribution in [2.45, 2.75) is 0 Å². The number of hydrogen-bond donors (Lipinski definition) is 0. The molecule has 1 nitrogen and oxygen atoms in total. The first kappa shape index (κ1) is 29.7. The number of methoxy groups -OCH3 is 1. The average molecular weight is 639 g/mol. The largest absolute Gasteiger partial charge is 0.497 e. The first-order valence-corrected chi connectivity index (χ1v) is 17.1.